The minimum absolute atomic E-state index is 0.175. The van der Waals surface area contributed by atoms with Gasteiger partial charge in [0, 0.05) is 11.8 Å². The number of ether oxygens (including phenoxy) is 2. The van der Waals surface area contributed by atoms with Gasteiger partial charge in [0.1, 0.15) is 5.82 Å². The highest BCUT2D eigenvalue weighted by Crippen LogP contribution is 2.29. The molecule has 0 radical (unpaired) electrons. The average molecular weight is 274 g/mol. The molecule has 0 spiro atoms. The molecule has 0 atom stereocenters. The zero-order valence-corrected chi connectivity index (χ0v) is 11.1. The number of nitrogens with zero attached hydrogens (tertiary/aromatic N) is 2. The van der Waals surface area contributed by atoms with Crippen LogP contribution in [0.25, 0.3) is 0 Å². The Labute approximate surface area is 115 Å². The summed E-state index contributed by atoms with van der Waals surface area (Å²) < 4.78 is 10.3. The molecule has 1 aromatic heterocycles. The second kappa shape index (κ2) is 5.87. The lowest BCUT2D eigenvalue weighted by atomic mass is 10.2. The molecule has 2 aromatic rings. The Kier molecular flexibility index (Phi) is 3.99. The topological polar surface area (TPSA) is 99.4 Å². The lowest BCUT2D eigenvalue weighted by Gasteiger charge is -2.10. The standard InChI is InChI=1S/C13H14N4O3/c1-19-10-5-3-8(7-11(10)20-2)15-13(18)9-4-6-12(14)17-16-9/h3-7H,1-2H3,(H2,14,17)(H,15,18). The van der Waals surface area contributed by atoms with E-state index in [1.54, 1.807) is 25.3 Å². The van der Waals surface area contributed by atoms with Crippen LogP contribution in [0.1, 0.15) is 10.5 Å². The monoisotopic (exact) mass is 274 g/mol. The number of aromatic nitrogens is 2. The van der Waals surface area contributed by atoms with Crippen LogP contribution in [-0.2, 0) is 0 Å². The fraction of sp³-hybridized carbons (Fsp3) is 0.154. The van der Waals surface area contributed by atoms with Crippen molar-refractivity contribution in [2.45, 2.75) is 0 Å². The number of rotatable bonds is 4. The van der Waals surface area contributed by atoms with Crippen LogP contribution < -0.4 is 20.5 Å². The third-order valence-electron chi connectivity index (χ3n) is 2.56. The predicted molar refractivity (Wildman–Crippen MR) is 73.9 cm³/mol. The Balaban J connectivity index is 2.17. The van der Waals surface area contributed by atoms with Crippen LogP contribution in [0.2, 0.25) is 0 Å². The molecule has 3 N–H and O–H groups in total. The normalized spacial score (nSPS) is 9.90. The van der Waals surface area contributed by atoms with E-state index in [4.69, 9.17) is 15.2 Å². The van der Waals surface area contributed by atoms with Crippen molar-refractivity contribution in [3.8, 4) is 11.5 Å². The molecular weight excluding hydrogens is 260 g/mol. The largest absolute Gasteiger partial charge is 0.493 e. The molecule has 1 heterocycles. The first-order valence-electron chi connectivity index (χ1n) is 5.76. The van der Waals surface area contributed by atoms with E-state index >= 15 is 0 Å². The van der Waals surface area contributed by atoms with Crippen LogP contribution in [0.3, 0.4) is 0 Å². The number of carbonyl (C=O) groups excluding carboxylic acids is 1. The van der Waals surface area contributed by atoms with Gasteiger partial charge in [0.15, 0.2) is 17.2 Å². The molecule has 1 amide bonds. The molecule has 0 fully saturated rings. The minimum atomic E-state index is -0.385. The number of nitrogen functional groups attached to an aromatic ring is 1. The maximum absolute atomic E-state index is 12.0. The Bertz CT molecular complexity index is 614. The maximum atomic E-state index is 12.0. The molecule has 0 bridgehead atoms. The molecule has 0 saturated heterocycles. The molecule has 1 aromatic carbocycles. The summed E-state index contributed by atoms with van der Waals surface area (Å²) >= 11 is 0. The quantitative estimate of drug-likeness (QED) is 0.872. The first-order chi connectivity index (χ1) is 9.63. The Hall–Kier alpha value is -2.83. The van der Waals surface area contributed by atoms with Crippen molar-refractivity contribution in [2.75, 3.05) is 25.3 Å². The molecule has 0 saturated carbocycles. The summed E-state index contributed by atoms with van der Waals surface area (Å²) in [4.78, 5) is 12.0. The molecule has 104 valence electrons. The van der Waals surface area contributed by atoms with Crippen molar-refractivity contribution < 1.29 is 14.3 Å². The number of nitrogens with two attached hydrogens (primary N) is 1. The van der Waals surface area contributed by atoms with Crippen molar-refractivity contribution in [2.24, 2.45) is 0 Å². The highest BCUT2D eigenvalue weighted by molar-refractivity contribution is 6.02. The number of carbonyl (C=O) groups is 1. The zero-order chi connectivity index (χ0) is 14.5. The summed E-state index contributed by atoms with van der Waals surface area (Å²) in [5, 5.41) is 10.0. The van der Waals surface area contributed by atoms with Gasteiger partial charge < -0.3 is 20.5 Å². The Morgan fingerprint density at radius 3 is 2.45 bits per heavy atom. The molecule has 0 aliphatic heterocycles. The van der Waals surface area contributed by atoms with Crippen LogP contribution >= 0.6 is 0 Å². The van der Waals surface area contributed by atoms with Crippen molar-refractivity contribution in [3.05, 3.63) is 36.0 Å². The van der Waals surface area contributed by atoms with Crippen LogP contribution in [0, 0.1) is 0 Å². The molecule has 0 unspecified atom stereocenters. The predicted octanol–water partition coefficient (Wildman–Crippen LogP) is 1.33. The first kappa shape index (κ1) is 13.6. The first-order valence-corrected chi connectivity index (χ1v) is 5.76. The third kappa shape index (κ3) is 2.94. The molecule has 20 heavy (non-hydrogen) atoms. The summed E-state index contributed by atoms with van der Waals surface area (Å²) in [6, 6.07) is 8.06. The number of methoxy groups -OCH3 is 2. The van der Waals surface area contributed by atoms with Gasteiger partial charge >= 0.3 is 0 Å². The maximum Gasteiger partial charge on any atom is 0.276 e. The number of amides is 1. The van der Waals surface area contributed by atoms with Gasteiger partial charge in [-0.25, -0.2) is 0 Å². The van der Waals surface area contributed by atoms with Crippen molar-refractivity contribution in [3.63, 3.8) is 0 Å². The van der Waals surface area contributed by atoms with Crippen molar-refractivity contribution >= 4 is 17.4 Å². The molecule has 0 aliphatic rings. The molecule has 0 aliphatic carbocycles. The van der Waals surface area contributed by atoms with Gasteiger partial charge in [0.2, 0.25) is 0 Å². The van der Waals surface area contributed by atoms with Crippen molar-refractivity contribution in [1.29, 1.82) is 0 Å². The second-order valence-corrected chi connectivity index (χ2v) is 3.87. The van der Waals surface area contributed by atoms with Crippen LogP contribution in [0.4, 0.5) is 11.5 Å². The number of anilines is 2. The lowest BCUT2D eigenvalue weighted by molar-refractivity contribution is 0.102. The van der Waals surface area contributed by atoms with Crippen LogP contribution in [0.15, 0.2) is 30.3 Å². The van der Waals surface area contributed by atoms with Gasteiger partial charge in [-0.2, -0.15) is 0 Å². The van der Waals surface area contributed by atoms with E-state index in [-0.39, 0.29) is 17.4 Å². The SMILES string of the molecule is COc1ccc(NC(=O)c2ccc(N)nn2)cc1OC. The Morgan fingerprint density at radius 1 is 1.10 bits per heavy atom. The number of benzene rings is 1. The summed E-state index contributed by atoms with van der Waals surface area (Å²) in [5.74, 6) is 0.976. The fourth-order valence-electron chi connectivity index (χ4n) is 1.57. The van der Waals surface area contributed by atoms with E-state index in [0.717, 1.165) is 0 Å². The number of hydrogen-bond acceptors (Lipinski definition) is 6. The highest BCUT2D eigenvalue weighted by atomic mass is 16.5. The van der Waals surface area contributed by atoms with E-state index in [2.05, 4.69) is 15.5 Å². The summed E-state index contributed by atoms with van der Waals surface area (Å²) in [5.41, 5.74) is 6.15. The average Bonchev–Trinajstić information content (AvgIpc) is 2.47. The smallest absolute Gasteiger partial charge is 0.276 e. The fourth-order valence-corrected chi connectivity index (χ4v) is 1.57. The third-order valence-corrected chi connectivity index (χ3v) is 2.56. The molecule has 7 nitrogen and oxygen atoms in total. The number of nitrogens with one attached hydrogen (secondary N) is 1. The van der Waals surface area contributed by atoms with Gasteiger partial charge in [0.25, 0.3) is 5.91 Å². The van der Waals surface area contributed by atoms with Gasteiger partial charge in [-0.1, -0.05) is 0 Å². The van der Waals surface area contributed by atoms with Gasteiger partial charge in [0.05, 0.1) is 14.2 Å². The van der Waals surface area contributed by atoms with Gasteiger partial charge in [-0.05, 0) is 24.3 Å². The summed E-state index contributed by atoms with van der Waals surface area (Å²) in [6.45, 7) is 0. The van der Waals surface area contributed by atoms with E-state index in [1.165, 1.54) is 19.2 Å². The molecule has 2 rings (SSSR count). The summed E-state index contributed by atoms with van der Waals surface area (Å²) in [7, 11) is 3.06. The zero-order valence-electron chi connectivity index (χ0n) is 11.1. The van der Waals surface area contributed by atoms with E-state index in [9.17, 15) is 4.79 Å². The van der Waals surface area contributed by atoms with Gasteiger partial charge in [-0.15, -0.1) is 10.2 Å². The van der Waals surface area contributed by atoms with E-state index < -0.39 is 0 Å². The lowest BCUT2D eigenvalue weighted by Crippen LogP contribution is -2.14. The number of hydrogen-bond donors (Lipinski definition) is 2. The highest BCUT2D eigenvalue weighted by Gasteiger charge is 2.10. The van der Waals surface area contributed by atoms with E-state index in [1.807, 2.05) is 0 Å². The van der Waals surface area contributed by atoms with Gasteiger partial charge in [-0.3, -0.25) is 4.79 Å². The van der Waals surface area contributed by atoms with Crippen molar-refractivity contribution in [1.82, 2.24) is 10.2 Å². The van der Waals surface area contributed by atoms with Crippen LogP contribution in [-0.4, -0.2) is 30.3 Å². The summed E-state index contributed by atoms with van der Waals surface area (Å²) in [6.07, 6.45) is 0. The van der Waals surface area contributed by atoms with E-state index in [0.29, 0.717) is 17.2 Å². The molecular formula is C13H14N4O3. The second-order valence-electron chi connectivity index (χ2n) is 3.87. The Morgan fingerprint density at radius 2 is 1.85 bits per heavy atom. The molecule has 7 heteroatoms. The minimum Gasteiger partial charge on any atom is -0.493 e. The van der Waals surface area contributed by atoms with Crippen LogP contribution in [0.5, 0.6) is 11.5 Å².